The van der Waals surface area contributed by atoms with Crippen molar-refractivity contribution in [2.45, 2.75) is 18.9 Å². The number of anilines is 1. The van der Waals surface area contributed by atoms with Gasteiger partial charge in [-0.1, -0.05) is 11.6 Å². The van der Waals surface area contributed by atoms with Crippen molar-refractivity contribution in [1.82, 2.24) is 0 Å². The highest BCUT2D eigenvalue weighted by atomic mass is 35.5. The van der Waals surface area contributed by atoms with Crippen LogP contribution in [0.25, 0.3) is 0 Å². The van der Waals surface area contributed by atoms with Crippen LogP contribution in [0.15, 0.2) is 48.5 Å². The van der Waals surface area contributed by atoms with Gasteiger partial charge in [0.15, 0.2) is 6.10 Å². The summed E-state index contributed by atoms with van der Waals surface area (Å²) in [6, 6.07) is 11.7. The Morgan fingerprint density at radius 2 is 1.79 bits per heavy atom. The lowest BCUT2D eigenvalue weighted by Gasteiger charge is -2.19. The van der Waals surface area contributed by atoms with Gasteiger partial charge in [-0.15, -0.1) is 11.6 Å². The van der Waals surface area contributed by atoms with Gasteiger partial charge in [0.2, 0.25) is 11.7 Å². The molecular weight excluding hydrogens is 420 g/mol. The molecule has 2 aromatic rings. The summed E-state index contributed by atoms with van der Waals surface area (Å²) in [6.07, 6.45) is -0.990. The van der Waals surface area contributed by atoms with Crippen molar-refractivity contribution in [3.63, 3.8) is 0 Å². The molecule has 0 bridgehead atoms. The first-order valence-electron chi connectivity index (χ1n) is 9.01. The number of alkyl halides is 1. The van der Waals surface area contributed by atoms with Gasteiger partial charge < -0.3 is 9.64 Å². The monoisotopic (exact) mass is 437 g/mol. The molecule has 0 unspecified atom stereocenters. The van der Waals surface area contributed by atoms with Crippen LogP contribution in [0.4, 0.5) is 10.1 Å². The fraction of sp³-hybridized carbons (Fsp3) is 0.286. The number of rotatable bonds is 7. The summed E-state index contributed by atoms with van der Waals surface area (Å²) in [5.74, 6) is -2.38. The Morgan fingerprint density at radius 1 is 1.14 bits per heavy atom. The fourth-order valence-corrected chi connectivity index (χ4v) is 3.44. The molecule has 8 heteroatoms. The molecule has 5 nitrogen and oxygen atoms in total. The molecule has 0 aromatic heterocycles. The molecule has 1 saturated heterocycles. The highest BCUT2D eigenvalue weighted by molar-refractivity contribution is 6.30. The van der Waals surface area contributed by atoms with Crippen LogP contribution in [0.5, 0.6) is 0 Å². The van der Waals surface area contributed by atoms with Crippen LogP contribution >= 0.6 is 23.2 Å². The van der Waals surface area contributed by atoms with Gasteiger partial charge in [-0.25, -0.2) is 4.39 Å². The Morgan fingerprint density at radius 3 is 2.41 bits per heavy atom. The van der Waals surface area contributed by atoms with Crippen molar-refractivity contribution >= 4 is 46.5 Å². The van der Waals surface area contributed by atoms with Gasteiger partial charge in [-0.2, -0.15) is 0 Å². The lowest BCUT2D eigenvalue weighted by molar-refractivity contribution is -0.151. The summed E-state index contributed by atoms with van der Waals surface area (Å²) in [6.45, 7) is 0.150. The van der Waals surface area contributed by atoms with Gasteiger partial charge in [0, 0.05) is 41.5 Å². The summed E-state index contributed by atoms with van der Waals surface area (Å²) >= 11 is 11.6. The molecule has 1 heterocycles. The number of hydrogen-bond acceptors (Lipinski definition) is 4. The number of benzene rings is 2. The maximum absolute atomic E-state index is 13.1. The molecule has 0 spiro atoms. The van der Waals surface area contributed by atoms with E-state index in [0.29, 0.717) is 10.7 Å². The van der Waals surface area contributed by atoms with Gasteiger partial charge in [-0.05, 0) is 48.5 Å². The second-order valence-electron chi connectivity index (χ2n) is 6.66. The standard InChI is InChI=1S/C21H18Cl2FNO4/c22-10-9-18(20(27)13-1-5-16(24)6-2-13)29-21(28)14-11-19(26)25(12-14)17-7-3-15(23)4-8-17/h1-8,14,18H,9-12H2/t14-,18+/m0/s1. The van der Waals surface area contributed by atoms with E-state index >= 15 is 0 Å². The van der Waals surface area contributed by atoms with Crippen LogP contribution in [0, 0.1) is 11.7 Å². The summed E-state index contributed by atoms with van der Waals surface area (Å²) in [4.78, 5) is 39.1. The van der Waals surface area contributed by atoms with Crippen LogP contribution in [0.3, 0.4) is 0 Å². The first-order chi connectivity index (χ1) is 13.9. The zero-order valence-electron chi connectivity index (χ0n) is 15.3. The van der Waals surface area contributed by atoms with E-state index in [2.05, 4.69) is 0 Å². The summed E-state index contributed by atoms with van der Waals surface area (Å²) < 4.78 is 18.5. The molecule has 1 aliphatic rings. The number of carbonyl (C=O) groups excluding carboxylic acids is 3. The third kappa shape index (κ3) is 5.14. The molecule has 152 valence electrons. The number of amides is 1. The maximum atomic E-state index is 13.1. The largest absolute Gasteiger partial charge is 0.454 e. The molecule has 1 aliphatic heterocycles. The second kappa shape index (κ2) is 9.37. The molecule has 0 aliphatic carbocycles. The van der Waals surface area contributed by atoms with Crippen molar-refractivity contribution in [3.8, 4) is 0 Å². The average Bonchev–Trinajstić information content (AvgIpc) is 3.10. The average molecular weight is 438 g/mol. The van der Waals surface area contributed by atoms with Crippen molar-refractivity contribution in [2.24, 2.45) is 5.92 Å². The molecule has 2 aromatic carbocycles. The van der Waals surface area contributed by atoms with E-state index in [1.807, 2.05) is 0 Å². The summed E-state index contributed by atoms with van der Waals surface area (Å²) in [7, 11) is 0. The third-order valence-electron chi connectivity index (χ3n) is 4.65. The molecule has 0 radical (unpaired) electrons. The molecule has 0 N–H and O–H groups in total. The van der Waals surface area contributed by atoms with E-state index in [1.54, 1.807) is 24.3 Å². The van der Waals surface area contributed by atoms with Crippen molar-refractivity contribution in [2.75, 3.05) is 17.3 Å². The number of Topliss-reactive ketones (excluding diaryl/α,β-unsaturated/α-hetero) is 1. The Bertz CT molecular complexity index is 902. The van der Waals surface area contributed by atoms with E-state index in [0.717, 1.165) is 12.1 Å². The second-order valence-corrected chi connectivity index (χ2v) is 7.47. The van der Waals surface area contributed by atoms with Crippen molar-refractivity contribution < 1.29 is 23.5 Å². The fourth-order valence-electron chi connectivity index (χ4n) is 3.12. The van der Waals surface area contributed by atoms with Gasteiger partial charge in [0.05, 0.1) is 5.92 Å². The molecule has 1 amide bonds. The Kier molecular flexibility index (Phi) is 6.87. The van der Waals surface area contributed by atoms with Crippen LogP contribution in [0.1, 0.15) is 23.2 Å². The Labute approximate surface area is 177 Å². The number of hydrogen-bond donors (Lipinski definition) is 0. The van der Waals surface area contributed by atoms with E-state index in [1.165, 1.54) is 17.0 Å². The number of nitrogens with zero attached hydrogens (tertiary/aromatic N) is 1. The number of ether oxygens (including phenoxy) is 1. The normalized spacial score (nSPS) is 17.3. The molecule has 1 fully saturated rings. The minimum atomic E-state index is -1.09. The predicted octanol–water partition coefficient (Wildman–Crippen LogP) is 4.26. The summed E-state index contributed by atoms with van der Waals surface area (Å²) in [5, 5.41) is 0.541. The number of ketones is 1. The summed E-state index contributed by atoms with van der Waals surface area (Å²) in [5.41, 5.74) is 0.856. The first kappa shape index (κ1) is 21.3. The van der Waals surface area contributed by atoms with E-state index in [-0.39, 0.29) is 36.7 Å². The first-order valence-corrected chi connectivity index (χ1v) is 9.92. The highest BCUT2D eigenvalue weighted by Crippen LogP contribution is 2.27. The van der Waals surface area contributed by atoms with Crippen molar-refractivity contribution in [3.05, 3.63) is 64.9 Å². The van der Waals surface area contributed by atoms with Crippen LogP contribution in [-0.2, 0) is 14.3 Å². The highest BCUT2D eigenvalue weighted by Gasteiger charge is 2.38. The minimum absolute atomic E-state index is 0.0141. The maximum Gasteiger partial charge on any atom is 0.312 e. The number of carbonyl (C=O) groups is 3. The molecule has 2 atom stereocenters. The van der Waals surface area contributed by atoms with E-state index in [4.69, 9.17) is 27.9 Å². The topological polar surface area (TPSA) is 63.7 Å². The van der Waals surface area contributed by atoms with Crippen LogP contribution in [-0.4, -0.2) is 36.2 Å². The third-order valence-corrected chi connectivity index (χ3v) is 5.12. The lowest BCUT2D eigenvalue weighted by Crippen LogP contribution is -2.32. The van der Waals surface area contributed by atoms with Crippen LogP contribution < -0.4 is 4.90 Å². The molecule has 3 rings (SSSR count). The minimum Gasteiger partial charge on any atom is -0.454 e. The van der Waals surface area contributed by atoms with E-state index in [9.17, 15) is 18.8 Å². The van der Waals surface area contributed by atoms with Gasteiger partial charge in [0.1, 0.15) is 5.82 Å². The van der Waals surface area contributed by atoms with Gasteiger partial charge in [-0.3, -0.25) is 14.4 Å². The zero-order chi connectivity index (χ0) is 21.0. The van der Waals surface area contributed by atoms with Gasteiger partial charge in [0.25, 0.3) is 0 Å². The number of esters is 1. The molecule has 0 saturated carbocycles. The van der Waals surface area contributed by atoms with Crippen molar-refractivity contribution in [1.29, 1.82) is 0 Å². The quantitative estimate of drug-likeness (QED) is 0.368. The zero-order valence-corrected chi connectivity index (χ0v) is 16.8. The Hall–Kier alpha value is -2.44. The lowest BCUT2D eigenvalue weighted by atomic mass is 10.0. The SMILES string of the molecule is O=C(O[C@H](CCCl)C(=O)c1ccc(F)cc1)[C@H]1CC(=O)N(c2ccc(Cl)cc2)C1. The van der Waals surface area contributed by atoms with Gasteiger partial charge >= 0.3 is 5.97 Å². The Balaban J connectivity index is 1.68. The van der Waals surface area contributed by atoms with Crippen LogP contribution in [0.2, 0.25) is 5.02 Å². The number of halogens is 3. The molecular formula is C21H18Cl2FNO4. The predicted molar refractivity (Wildman–Crippen MR) is 108 cm³/mol. The smallest absolute Gasteiger partial charge is 0.312 e. The molecule has 29 heavy (non-hydrogen) atoms. The van der Waals surface area contributed by atoms with E-state index < -0.39 is 29.6 Å².